The largest absolute Gasteiger partial charge is 0.495 e. The Hall–Kier alpha value is -3.82. The summed E-state index contributed by atoms with van der Waals surface area (Å²) < 4.78 is 24.1. The van der Waals surface area contributed by atoms with Gasteiger partial charge in [0.05, 0.1) is 49.5 Å². The molecule has 4 rings (SSSR count). The number of primary amides is 1. The number of anilines is 1. The number of nitrogens with zero attached hydrogens (tertiary/aromatic N) is 2. The molecular formula is C25H25FN4O4. The van der Waals surface area contributed by atoms with Crippen LogP contribution in [-0.4, -0.2) is 61.7 Å². The normalized spacial score (nSPS) is 13.9. The van der Waals surface area contributed by atoms with E-state index in [2.05, 4.69) is 10.3 Å². The average Bonchev–Trinajstić information content (AvgIpc) is 2.84. The first-order valence-corrected chi connectivity index (χ1v) is 10.8. The Balaban J connectivity index is 1.67. The molecule has 1 aliphatic heterocycles. The summed E-state index contributed by atoms with van der Waals surface area (Å²) in [4.78, 5) is 31.4. The third-order valence-corrected chi connectivity index (χ3v) is 5.52. The molecule has 0 bridgehead atoms. The molecular weight excluding hydrogens is 439 g/mol. The van der Waals surface area contributed by atoms with E-state index in [-0.39, 0.29) is 23.8 Å². The number of ether oxygens (including phenoxy) is 2. The van der Waals surface area contributed by atoms with E-state index in [0.717, 1.165) is 0 Å². The Bertz CT molecular complexity index is 1190. The number of carbonyl (C=O) groups is 2. The number of methoxy groups -OCH3 is 1. The van der Waals surface area contributed by atoms with Gasteiger partial charge in [-0.25, -0.2) is 9.37 Å². The SMILES string of the molecule is COc1ccc(-c2nc(-c3ccc(F)cc3)ccc2C(N)=O)cc1NC(=O)CN1CCOCC1. The molecule has 1 aromatic heterocycles. The van der Waals surface area contributed by atoms with Crippen molar-refractivity contribution in [2.75, 3.05) is 45.3 Å². The third-order valence-electron chi connectivity index (χ3n) is 5.52. The van der Waals surface area contributed by atoms with E-state index in [9.17, 15) is 14.0 Å². The number of nitrogens with one attached hydrogen (secondary N) is 1. The number of hydrogen-bond acceptors (Lipinski definition) is 6. The lowest BCUT2D eigenvalue weighted by molar-refractivity contribution is -0.118. The van der Waals surface area contributed by atoms with Gasteiger partial charge >= 0.3 is 0 Å². The van der Waals surface area contributed by atoms with Crippen LogP contribution in [0.15, 0.2) is 54.6 Å². The fourth-order valence-electron chi connectivity index (χ4n) is 3.76. The van der Waals surface area contributed by atoms with E-state index in [1.54, 1.807) is 42.5 Å². The first kappa shape index (κ1) is 23.3. The number of morpholine rings is 1. The molecule has 34 heavy (non-hydrogen) atoms. The zero-order valence-corrected chi connectivity index (χ0v) is 18.7. The highest BCUT2D eigenvalue weighted by Crippen LogP contribution is 2.33. The molecule has 8 nitrogen and oxygen atoms in total. The van der Waals surface area contributed by atoms with Crippen molar-refractivity contribution in [1.82, 2.24) is 9.88 Å². The van der Waals surface area contributed by atoms with Crippen LogP contribution < -0.4 is 15.8 Å². The van der Waals surface area contributed by atoms with Crippen molar-refractivity contribution in [3.8, 4) is 28.3 Å². The van der Waals surface area contributed by atoms with Gasteiger partial charge in [-0.3, -0.25) is 14.5 Å². The summed E-state index contributed by atoms with van der Waals surface area (Å²) in [5, 5.41) is 2.89. The van der Waals surface area contributed by atoms with E-state index in [4.69, 9.17) is 15.2 Å². The Morgan fingerprint density at radius 1 is 1.09 bits per heavy atom. The summed E-state index contributed by atoms with van der Waals surface area (Å²) in [7, 11) is 1.51. The van der Waals surface area contributed by atoms with Gasteiger partial charge in [0.2, 0.25) is 5.91 Å². The van der Waals surface area contributed by atoms with Crippen LogP contribution in [0.3, 0.4) is 0 Å². The quantitative estimate of drug-likeness (QED) is 0.557. The number of nitrogens with two attached hydrogens (primary N) is 1. The monoisotopic (exact) mass is 464 g/mol. The van der Waals surface area contributed by atoms with Crippen molar-refractivity contribution >= 4 is 17.5 Å². The zero-order chi connectivity index (χ0) is 24.1. The summed E-state index contributed by atoms with van der Waals surface area (Å²) in [6.07, 6.45) is 0. The van der Waals surface area contributed by atoms with Crippen LogP contribution in [0.2, 0.25) is 0 Å². The predicted molar refractivity (Wildman–Crippen MR) is 126 cm³/mol. The molecule has 0 atom stereocenters. The second-order valence-corrected chi connectivity index (χ2v) is 7.82. The van der Waals surface area contributed by atoms with Crippen molar-refractivity contribution < 1.29 is 23.5 Å². The van der Waals surface area contributed by atoms with Crippen LogP contribution in [0.4, 0.5) is 10.1 Å². The molecule has 0 spiro atoms. The van der Waals surface area contributed by atoms with Crippen molar-refractivity contribution in [3.63, 3.8) is 0 Å². The molecule has 2 amide bonds. The molecule has 0 unspecified atom stereocenters. The number of hydrogen-bond donors (Lipinski definition) is 2. The second kappa shape index (κ2) is 10.4. The molecule has 3 aromatic rings. The van der Waals surface area contributed by atoms with Crippen molar-refractivity contribution in [2.45, 2.75) is 0 Å². The Morgan fingerprint density at radius 3 is 2.47 bits per heavy atom. The molecule has 1 saturated heterocycles. The van der Waals surface area contributed by atoms with Gasteiger partial charge in [0, 0.05) is 24.2 Å². The second-order valence-electron chi connectivity index (χ2n) is 7.82. The molecule has 2 aromatic carbocycles. The lowest BCUT2D eigenvalue weighted by atomic mass is 10.0. The lowest BCUT2D eigenvalue weighted by Crippen LogP contribution is -2.41. The van der Waals surface area contributed by atoms with Crippen molar-refractivity contribution in [1.29, 1.82) is 0 Å². The summed E-state index contributed by atoms with van der Waals surface area (Å²) in [5.74, 6) is -0.720. The van der Waals surface area contributed by atoms with Gasteiger partial charge < -0.3 is 20.5 Å². The van der Waals surface area contributed by atoms with Gasteiger partial charge in [-0.05, 0) is 54.6 Å². The molecule has 176 valence electrons. The van der Waals surface area contributed by atoms with Crippen molar-refractivity contribution in [2.24, 2.45) is 5.73 Å². The summed E-state index contributed by atoms with van der Waals surface area (Å²) in [6, 6.07) is 14.3. The molecule has 3 N–H and O–H groups in total. The number of pyridine rings is 1. The lowest BCUT2D eigenvalue weighted by Gasteiger charge is -2.26. The van der Waals surface area contributed by atoms with Gasteiger partial charge in [-0.15, -0.1) is 0 Å². The van der Waals surface area contributed by atoms with Gasteiger partial charge in [0.15, 0.2) is 0 Å². The maximum Gasteiger partial charge on any atom is 0.250 e. The van der Waals surface area contributed by atoms with Crippen LogP contribution in [0, 0.1) is 5.82 Å². The molecule has 9 heteroatoms. The number of halogens is 1. The van der Waals surface area contributed by atoms with Gasteiger partial charge in [0.25, 0.3) is 5.91 Å². The first-order chi connectivity index (χ1) is 16.4. The zero-order valence-electron chi connectivity index (χ0n) is 18.7. The summed E-state index contributed by atoms with van der Waals surface area (Å²) in [6.45, 7) is 2.79. The van der Waals surface area contributed by atoms with E-state index < -0.39 is 5.91 Å². The topological polar surface area (TPSA) is 107 Å². The minimum Gasteiger partial charge on any atom is -0.495 e. The maximum absolute atomic E-state index is 13.3. The molecule has 1 fully saturated rings. The molecule has 0 radical (unpaired) electrons. The number of aromatic nitrogens is 1. The minimum atomic E-state index is -0.637. The highest BCUT2D eigenvalue weighted by atomic mass is 19.1. The van der Waals surface area contributed by atoms with Gasteiger partial charge in [0.1, 0.15) is 11.6 Å². The van der Waals surface area contributed by atoms with Crippen LogP contribution in [0.1, 0.15) is 10.4 Å². The molecule has 1 aliphatic rings. The summed E-state index contributed by atoms with van der Waals surface area (Å²) >= 11 is 0. The Labute approximate surface area is 196 Å². The Morgan fingerprint density at radius 2 is 1.79 bits per heavy atom. The Kier molecular flexibility index (Phi) is 7.15. The van der Waals surface area contributed by atoms with E-state index in [1.807, 2.05) is 4.90 Å². The highest BCUT2D eigenvalue weighted by molar-refractivity contribution is 6.00. The molecule has 0 saturated carbocycles. The smallest absolute Gasteiger partial charge is 0.250 e. The molecule has 0 aliphatic carbocycles. The van der Waals surface area contributed by atoms with Crippen LogP contribution in [0.25, 0.3) is 22.5 Å². The van der Waals surface area contributed by atoms with Crippen LogP contribution >= 0.6 is 0 Å². The number of rotatable bonds is 7. The van der Waals surface area contributed by atoms with Crippen molar-refractivity contribution in [3.05, 3.63) is 66.0 Å². The van der Waals surface area contributed by atoms with Gasteiger partial charge in [-0.2, -0.15) is 0 Å². The van der Waals surface area contributed by atoms with E-state index in [0.29, 0.717) is 60.3 Å². The first-order valence-electron chi connectivity index (χ1n) is 10.8. The summed E-state index contributed by atoms with van der Waals surface area (Å²) in [5.41, 5.74) is 8.43. The minimum absolute atomic E-state index is 0.194. The number of benzene rings is 2. The van der Waals surface area contributed by atoms with E-state index in [1.165, 1.54) is 19.2 Å². The number of amides is 2. The third kappa shape index (κ3) is 5.38. The van der Waals surface area contributed by atoms with E-state index >= 15 is 0 Å². The molecule has 2 heterocycles. The van der Waals surface area contributed by atoms with Crippen LogP contribution in [-0.2, 0) is 9.53 Å². The predicted octanol–water partition coefficient (Wildman–Crippen LogP) is 2.93. The standard InChI is InChI=1S/C25H25FN4O4/c1-33-22-9-4-17(14-21(22)28-23(31)15-30-10-12-34-13-11-30)24-19(25(27)32)7-8-20(29-24)16-2-5-18(26)6-3-16/h2-9,14H,10-13,15H2,1H3,(H2,27,32)(H,28,31). The van der Waals surface area contributed by atoms with Crippen LogP contribution in [0.5, 0.6) is 5.75 Å². The average molecular weight is 464 g/mol. The maximum atomic E-state index is 13.3. The highest BCUT2D eigenvalue weighted by Gasteiger charge is 2.18. The fraction of sp³-hybridized carbons (Fsp3) is 0.240. The number of carbonyl (C=O) groups excluding carboxylic acids is 2. The fourth-order valence-corrected chi connectivity index (χ4v) is 3.76. The van der Waals surface area contributed by atoms with Gasteiger partial charge in [-0.1, -0.05) is 0 Å².